The van der Waals surface area contributed by atoms with Gasteiger partial charge in [-0.25, -0.2) is 0 Å². The van der Waals surface area contributed by atoms with Gasteiger partial charge in [-0.2, -0.15) is 0 Å². The molecular formula is C14H24N2O2. The third-order valence-corrected chi connectivity index (χ3v) is 4.55. The summed E-state index contributed by atoms with van der Waals surface area (Å²) in [7, 11) is 0. The first-order valence-electron chi connectivity index (χ1n) is 7.10. The Morgan fingerprint density at radius 3 is 2.44 bits per heavy atom. The van der Waals surface area contributed by atoms with Crippen molar-refractivity contribution in [2.45, 2.75) is 71.0 Å². The minimum absolute atomic E-state index is 0.0202. The smallest absolute Gasteiger partial charge is 0.249 e. The number of piperazine rings is 1. The molecule has 1 saturated heterocycles. The summed E-state index contributed by atoms with van der Waals surface area (Å²) in [5.74, 6) is 0.468. The molecule has 1 saturated carbocycles. The molecule has 3 atom stereocenters. The van der Waals surface area contributed by atoms with Crippen LogP contribution in [-0.2, 0) is 9.59 Å². The van der Waals surface area contributed by atoms with E-state index < -0.39 is 5.54 Å². The molecule has 0 aromatic rings. The first-order valence-corrected chi connectivity index (χ1v) is 7.10. The lowest BCUT2D eigenvalue weighted by atomic mass is 9.87. The predicted octanol–water partition coefficient (Wildman–Crippen LogP) is 1.69. The average molecular weight is 252 g/mol. The zero-order valence-electron chi connectivity index (χ0n) is 11.8. The van der Waals surface area contributed by atoms with Crippen molar-refractivity contribution in [2.24, 2.45) is 5.92 Å². The molecule has 4 heteroatoms. The maximum absolute atomic E-state index is 12.8. The van der Waals surface area contributed by atoms with Gasteiger partial charge in [-0.3, -0.25) is 9.59 Å². The predicted molar refractivity (Wildman–Crippen MR) is 69.9 cm³/mol. The van der Waals surface area contributed by atoms with Crippen LogP contribution in [0.1, 0.15) is 53.4 Å². The Balaban J connectivity index is 2.32. The number of amides is 2. The largest absolute Gasteiger partial charge is 0.340 e. The Hall–Kier alpha value is -1.06. The maximum atomic E-state index is 12.8. The molecule has 18 heavy (non-hydrogen) atoms. The maximum Gasteiger partial charge on any atom is 0.249 e. The molecule has 2 aliphatic rings. The van der Waals surface area contributed by atoms with Crippen LogP contribution in [0.25, 0.3) is 0 Å². The van der Waals surface area contributed by atoms with E-state index in [4.69, 9.17) is 0 Å². The highest BCUT2D eigenvalue weighted by Gasteiger charge is 2.55. The first-order chi connectivity index (χ1) is 8.45. The van der Waals surface area contributed by atoms with Gasteiger partial charge in [0.25, 0.3) is 0 Å². The number of rotatable bonds is 4. The van der Waals surface area contributed by atoms with Gasteiger partial charge >= 0.3 is 0 Å². The van der Waals surface area contributed by atoms with E-state index in [1.807, 2.05) is 25.7 Å². The van der Waals surface area contributed by atoms with Gasteiger partial charge in [-0.15, -0.1) is 0 Å². The topological polar surface area (TPSA) is 49.4 Å². The molecule has 3 unspecified atom stereocenters. The number of hydrogen-bond donors (Lipinski definition) is 1. The van der Waals surface area contributed by atoms with Crippen molar-refractivity contribution in [1.82, 2.24) is 10.2 Å². The molecule has 0 radical (unpaired) electrons. The fourth-order valence-electron chi connectivity index (χ4n) is 2.95. The average Bonchev–Trinajstić information content (AvgIpc) is 3.16. The quantitative estimate of drug-likeness (QED) is 0.827. The first kappa shape index (κ1) is 13.4. The fraction of sp³-hybridized carbons (Fsp3) is 0.857. The second-order valence-corrected chi connectivity index (χ2v) is 5.86. The second kappa shape index (κ2) is 4.56. The highest BCUT2D eigenvalue weighted by molar-refractivity contribution is 6.00. The van der Waals surface area contributed by atoms with E-state index in [0.29, 0.717) is 12.3 Å². The van der Waals surface area contributed by atoms with E-state index in [1.165, 1.54) is 0 Å². The summed E-state index contributed by atoms with van der Waals surface area (Å²) in [4.78, 5) is 26.8. The van der Waals surface area contributed by atoms with Crippen molar-refractivity contribution in [1.29, 1.82) is 0 Å². The summed E-state index contributed by atoms with van der Waals surface area (Å²) in [6.07, 6.45) is 3.67. The molecule has 1 aliphatic heterocycles. The minimum atomic E-state index is -0.661. The molecule has 2 amide bonds. The van der Waals surface area contributed by atoms with Crippen molar-refractivity contribution < 1.29 is 9.59 Å². The Labute approximate surface area is 109 Å². The Bertz CT molecular complexity index is 365. The van der Waals surface area contributed by atoms with Crippen LogP contribution in [0.5, 0.6) is 0 Å². The van der Waals surface area contributed by atoms with Crippen molar-refractivity contribution in [3.8, 4) is 0 Å². The summed E-state index contributed by atoms with van der Waals surface area (Å²) < 4.78 is 0. The molecule has 2 fully saturated rings. The van der Waals surface area contributed by atoms with Gasteiger partial charge in [0.1, 0.15) is 11.6 Å². The normalized spacial score (nSPS) is 34.4. The molecular weight excluding hydrogens is 228 g/mol. The number of carbonyl (C=O) groups excluding carboxylic acids is 2. The van der Waals surface area contributed by atoms with Crippen LogP contribution in [0.2, 0.25) is 0 Å². The third-order valence-electron chi connectivity index (χ3n) is 4.55. The monoisotopic (exact) mass is 252 g/mol. The van der Waals surface area contributed by atoms with Crippen LogP contribution in [-0.4, -0.2) is 34.3 Å². The molecule has 0 aromatic carbocycles. The number of carbonyl (C=O) groups is 2. The highest BCUT2D eigenvalue weighted by Crippen LogP contribution is 2.42. The lowest BCUT2D eigenvalue weighted by Gasteiger charge is -2.47. The lowest BCUT2D eigenvalue weighted by molar-refractivity contribution is -0.158. The van der Waals surface area contributed by atoms with Gasteiger partial charge in [0.05, 0.1) is 0 Å². The van der Waals surface area contributed by atoms with Crippen molar-refractivity contribution in [3.63, 3.8) is 0 Å². The molecule has 0 spiro atoms. The standard InChI is InChI=1S/C14H24N2O2/c1-5-9(3)16-11(6-2)12(17)15-14(4,13(16)18)10-7-8-10/h9-11H,5-8H2,1-4H3,(H,15,17). The lowest BCUT2D eigenvalue weighted by Crippen LogP contribution is -2.71. The molecule has 4 nitrogen and oxygen atoms in total. The molecule has 1 aliphatic carbocycles. The van der Waals surface area contributed by atoms with E-state index in [2.05, 4.69) is 12.2 Å². The van der Waals surface area contributed by atoms with Crippen molar-refractivity contribution >= 4 is 11.8 Å². The summed E-state index contributed by atoms with van der Waals surface area (Å²) in [5, 5.41) is 2.98. The zero-order valence-corrected chi connectivity index (χ0v) is 11.8. The van der Waals surface area contributed by atoms with Gasteiger partial charge in [-0.1, -0.05) is 13.8 Å². The van der Waals surface area contributed by atoms with Crippen LogP contribution in [0.15, 0.2) is 0 Å². The number of hydrogen-bond acceptors (Lipinski definition) is 2. The van der Waals surface area contributed by atoms with Gasteiger partial charge in [-0.05, 0) is 45.4 Å². The molecule has 0 aromatic heterocycles. The molecule has 102 valence electrons. The Kier molecular flexibility index (Phi) is 3.39. The molecule has 2 rings (SSSR count). The van der Waals surface area contributed by atoms with Crippen molar-refractivity contribution in [3.05, 3.63) is 0 Å². The van der Waals surface area contributed by atoms with E-state index in [1.54, 1.807) is 0 Å². The summed E-state index contributed by atoms with van der Waals surface area (Å²) in [6, 6.07) is -0.161. The van der Waals surface area contributed by atoms with E-state index in [-0.39, 0.29) is 23.9 Å². The van der Waals surface area contributed by atoms with Crippen LogP contribution < -0.4 is 5.32 Å². The van der Waals surface area contributed by atoms with Gasteiger partial charge in [0.2, 0.25) is 11.8 Å². The summed E-state index contributed by atoms with van der Waals surface area (Å²) >= 11 is 0. The van der Waals surface area contributed by atoms with Crippen LogP contribution in [0.3, 0.4) is 0 Å². The van der Waals surface area contributed by atoms with Gasteiger partial charge < -0.3 is 10.2 Å². The van der Waals surface area contributed by atoms with Crippen molar-refractivity contribution in [2.75, 3.05) is 0 Å². The Morgan fingerprint density at radius 2 is 2.00 bits per heavy atom. The molecule has 1 N–H and O–H groups in total. The third kappa shape index (κ3) is 1.91. The Morgan fingerprint density at radius 1 is 1.39 bits per heavy atom. The van der Waals surface area contributed by atoms with Crippen LogP contribution >= 0.6 is 0 Å². The van der Waals surface area contributed by atoms with Gasteiger partial charge in [0.15, 0.2) is 0 Å². The second-order valence-electron chi connectivity index (χ2n) is 5.86. The van der Waals surface area contributed by atoms with Crippen LogP contribution in [0, 0.1) is 5.92 Å². The van der Waals surface area contributed by atoms with E-state index >= 15 is 0 Å². The zero-order chi connectivity index (χ0) is 13.5. The summed E-state index contributed by atoms with van der Waals surface area (Å²) in [5.41, 5.74) is -0.661. The molecule has 1 heterocycles. The SMILES string of the molecule is CCC(C)N1C(=O)C(C)(C2CC2)NC(=O)C1CC. The van der Waals surface area contributed by atoms with Crippen LogP contribution in [0.4, 0.5) is 0 Å². The summed E-state index contributed by atoms with van der Waals surface area (Å²) in [6.45, 7) is 7.96. The minimum Gasteiger partial charge on any atom is -0.340 e. The molecule has 0 bridgehead atoms. The fourth-order valence-corrected chi connectivity index (χ4v) is 2.95. The number of nitrogens with one attached hydrogen (secondary N) is 1. The van der Waals surface area contributed by atoms with E-state index in [9.17, 15) is 9.59 Å². The highest BCUT2D eigenvalue weighted by atomic mass is 16.2. The van der Waals surface area contributed by atoms with Gasteiger partial charge in [0, 0.05) is 6.04 Å². The van der Waals surface area contributed by atoms with E-state index in [0.717, 1.165) is 19.3 Å². The number of nitrogens with zero attached hydrogens (tertiary/aromatic N) is 1.